The molecule has 0 saturated heterocycles. The molecule has 1 atom stereocenters. The topological polar surface area (TPSA) is 76.0 Å². The van der Waals surface area contributed by atoms with Crippen LogP contribution in [0.2, 0.25) is 0 Å². The zero-order valence-corrected chi connectivity index (χ0v) is 9.73. The molecule has 5 nitrogen and oxygen atoms in total. The molecule has 0 bridgehead atoms. The highest BCUT2D eigenvalue weighted by atomic mass is 79.9. The number of benzene rings is 1. The molecule has 0 spiro atoms. The average Bonchev–Trinajstić information content (AvgIpc) is 2.28. The summed E-state index contributed by atoms with van der Waals surface area (Å²) in [4.78, 5) is 10.8. The number of hydrogen-bond donors (Lipinski definition) is 2. The van der Waals surface area contributed by atoms with Crippen molar-refractivity contribution in [2.24, 2.45) is 0 Å². The molecule has 16 heavy (non-hydrogen) atoms. The molecule has 0 amide bonds. The van der Waals surface area contributed by atoms with Gasteiger partial charge in [0.2, 0.25) is 0 Å². The normalized spacial score (nSPS) is 15.6. The standard InChI is InChI=1S/C10H9BrO5/c11-5-1-2-6-9(16-4-3-15-6)7(5)8(12)10(13)14/h1-2,8,12H,3-4H2,(H,13,14). The van der Waals surface area contributed by atoms with E-state index in [0.717, 1.165) is 0 Å². The van der Waals surface area contributed by atoms with Crippen LogP contribution in [0.5, 0.6) is 11.5 Å². The zero-order valence-electron chi connectivity index (χ0n) is 8.14. The van der Waals surface area contributed by atoms with E-state index in [1.807, 2.05) is 0 Å². The smallest absolute Gasteiger partial charge is 0.337 e. The largest absolute Gasteiger partial charge is 0.486 e. The van der Waals surface area contributed by atoms with E-state index in [9.17, 15) is 9.90 Å². The minimum absolute atomic E-state index is 0.185. The number of hydrogen-bond acceptors (Lipinski definition) is 4. The third kappa shape index (κ3) is 1.85. The third-order valence-electron chi connectivity index (χ3n) is 2.20. The van der Waals surface area contributed by atoms with Gasteiger partial charge in [0, 0.05) is 4.47 Å². The molecule has 0 fully saturated rings. The van der Waals surface area contributed by atoms with Gasteiger partial charge in [-0.05, 0) is 12.1 Å². The van der Waals surface area contributed by atoms with E-state index in [2.05, 4.69) is 15.9 Å². The Balaban J connectivity index is 2.53. The first-order valence-corrected chi connectivity index (χ1v) is 5.39. The minimum atomic E-state index is -1.63. The Morgan fingerprint density at radius 3 is 2.75 bits per heavy atom. The first-order valence-electron chi connectivity index (χ1n) is 4.60. The first-order chi connectivity index (χ1) is 7.61. The lowest BCUT2D eigenvalue weighted by Gasteiger charge is -2.22. The Bertz CT molecular complexity index is 431. The molecule has 6 heteroatoms. The quantitative estimate of drug-likeness (QED) is 0.859. The molecule has 0 aromatic heterocycles. The van der Waals surface area contributed by atoms with Gasteiger partial charge in [-0.2, -0.15) is 0 Å². The number of carboxylic acid groups (broad SMARTS) is 1. The van der Waals surface area contributed by atoms with Gasteiger partial charge in [0.25, 0.3) is 0 Å². The lowest BCUT2D eigenvalue weighted by Crippen LogP contribution is -2.19. The fourth-order valence-corrected chi connectivity index (χ4v) is 2.02. The van der Waals surface area contributed by atoms with Crippen LogP contribution in [-0.4, -0.2) is 29.4 Å². The number of aliphatic carboxylic acids is 1. The van der Waals surface area contributed by atoms with Gasteiger partial charge in [-0.25, -0.2) is 4.79 Å². The summed E-state index contributed by atoms with van der Waals surface area (Å²) in [6.45, 7) is 0.750. The summed E-state index contributed by atoms with van der Waals surface area (Å²) in [5.74, 6) is -0.594. The van der Waals surface area contributed by atoms with Gasteiger partial charge >= 0.3 is 5.97 Å². The lowest BCUT2D eigenvalue weighted by atomic mass is 10.1. The molecule has 0 radical (unpaired) electrons. The van der Waals surface area contributed by atoms with E-state index in [-0.39, 0.29) is 11.3 Å². The average molecular weight is 289 g/mol. The number of carboxylic acids is 1. The number of carbonyl (C=O) groups is 1. The molecule has 0 saturated carbocycles. The van der Waals surface area contributed by atoms with Crippen molar-refractivity contribution in [2.75, 3.05) is 13.2 Å². The van der Waals surface area contributed by atoms with Crippen molar-refractivity contribution in [3.8, 4) is 11.5 Å². The molecule has 2 N–H and O–H groups in total. The van der Waals surface area contributed by atoms with Crippen LogP contribution in [0.15, 0.2) is 16.6 Å². The summed E-state index contributed by atoms with van der Waals surface area (Å²) in [6.07, 6.45) is -1.63. The van der Waals surface area contributed by atoms with Crippen molar-refractivity contribution in [3.63, 3.8) is 0 Å². The SMILES string of the molecule is O=C(O)C(O)c1c(Br)ccc2c1OCCO2. The monoisotopic (exact) mass is 288 g/mol. The van der Waals surface area contributed by atoms with Gasteiger partial charge in [-0.1, -0.05) is 15.9 Å². The summed E-state index contributed by atoms with van der Waals surface area (Å²) < 4.78 is 11.1. The van der Waals surface area contributed by atoms with Crippen LogP contribution in [0.3, 0.4) is 0 Å². The van der Waals surface area contributed by atoms with Crippen LogP contribution in [0, 0.1) is 0 Å². The van der Waals surface area contributed by atoms with Crippen molar-refractivity contribution in [2.45, 2.75) is 6.10 Å². The lowest BCUT2D eigenvalue weighted by molar-refractivity contribution is -0.147. The summed E-state index contributed by atoms with van der Waals surface area (Å²) in [6, 6.07) is 3.28. The van der Waals surface area contributed by atoms with E-state index >= 15 is 0 Å². The van der Waals surface area contributed by atoms with Crippen molar-refractivity contribution in [1.82, 2.24) is 0 Å². The van der Waals surface area contributed by atoms with Crippen LogP contribution in [-0.2, 0) is 4.79 Å². The van der Waals surface area contributed by atoms with Crippen molar-refractivity contribution in [1.29, 1.82) is 0 Å². The van der Waals surface area contributed by atoms with Gasteiger partial charge in [-0.3, -0.25) is 0 Å². The summed E-state index contributed by atoms with van der Waals surface area (Å²) >= 11 is 3.19. The number of ether oxygens (including phenoxy) is 2. The summed E-state index contributed by atoms with van der Waals surface area (Å²) in [5.41, 5.74) is 0.185. The molecule has 1 unspecified atom stereocenters. The van der Waals surface area contributed by atoms with E-state index in [4.69, 9.17) is 14.6 Å². The van der Waals surface area contributed by atoms with Crippen LogP contribution < -0.4 is 9.47 Å². The molecule has 0 aliphatic carbocycles. The third-order valence-corrected chi connectivity index (χ3v) is 2.89. The molecule has 1 aliphatic heterocycles. The van der Waals surface area contributed by atoms with E-state index in [1.165, 1.54) is 0 Å². The maximum Gasteiger partial charge on any atom is 0.337 e. The molecule has 1 heterocycles. The molecular weight excluding hydrogens is 280 g/mol. The molecule has 1 aliphatic rings. The van der Waals surface area contributed by atoms with Gasteiger partial charge in [0.1, 0.15) is 13.2 Å². The van der Waals surface area contributed by atoms with Crippen molar-refractivity contribution < 1.29 is 24.5 Å². The highest BCUT2D eigenvalue weighted by molar-refractivity contribution is 9.10. The molecule has 2 rings (SSSR count). The second-order valence-corrected chi connectivity index (χ2v) is 4.08. The van der Waals surface area contributed by atoms with Gasteiger partial charge in [0.05, 0.1) is 5.56 Å². The van der Waals surface area contributed by atoms with Gasteiger partial charge in [-0.15, -0.1) is 0 Å². The highest BCUT2D eigenvalue weighted by Crippen LogP contribution is 2.41. The second kappa shape index (κ2) is 4.31. The van der Waals surface area contributed by atoms with Crippen LogP contribution >= 0.6 is 15.9 Å². The maximum atomic E-state index is 10.8. The number of fused-ring (bicyclic) bond motifs is 1. The highest BCUT2D eigenvalue weighted by Gasteiger charge is 2.27. The van der Waals surface area contributed by atoms with Gasteiger partial charge in [0.15, 0.2) is 17.6 Å². The van der Waals surface area contributed by atoms with Crippen molar-refractivity contribution in [3.05, 3.63) is 22.2 Å². The van der Waals surface area contributed by atoms with E-state index in [0.29, 0.717) is 23.4 Å². The molecule has 1 aromatic rings. The number of aliphatic hydroxyl groups is 1. The zero-order chi connectivity index (χ0) is 11.7. The Labute approximate surface area is 99.7 Å². The van der Waals surface area contributed by atoms with Crippen LogP contribution in [0.4, 0.5) is 0 Å². The van der Waals surface area contributed by atoms with E-state index in [1.54, 1.807) is 12.1 Å². The first kappa shape index (κ1) is 11.2. The van der Waals surface area contributed by atoms with Gasteiger partial charge < -0.3 is 19.7 Å². The second-order valence-electron chi connectivity index (χ2n) is 3.23. The predicted octanol–water partition coefficient (Wildman–Crippen LogP) is 1.34. The Hall–Kier alpha value is -1.27. The van der Waals surface area contributed by atoms with Crippen LogP contribution in [0.25, 0.3) is 0 Å². The van der Waals surface area contributed by atoms with Crippen LogP contribution in [0.1, 0.15) is 11.7 Å². The van der Waals surface area contributed by atoms with E-state index < -0.39 is 12.1 Å². The summed E-state index contributed by atoms with van der Waals surface area (Å²) in [5, 5.41) is 18.4. The number of rotatable bonds is 2. The molecule has 1 aromatic carbocycles. The summed E-state index contributed by atoms with van der Waals surface area (Å²) in [7, 11) is 0. The minimum Gasteiger partial charge on any atom is -0.486 e. The number of aliphatic hydroxyl groups excluding tert-OH is 1. The maximum absolute atomic E-state index is 10.8. The molecular formula is C10H9BrO5. The number of halogens is 1. The molecule has 86 valence electrons. The predicted molar refractivity (Wildman–Crippen MR) is 57.7 cm³/mol. The fourth-order valence-electron chi connectivity index (χ4n) is 1.49. The Kier molecular flexibility index (Phi) is 3.02. The Morgan fingerprint density at radius 1 is 1.38 bits per heavy atom. The fraction of sp³-hybridized carbons (Fsp3) is 0.300. The Morgan fingerprint density at radius 2 is 2.06 bits per heavy atom. The van der Waals surface area contributed by atoms with Crippen molar-refractivity contribution >= 4 is 21.9 Å².